The molecule has 16 heteroatoms. The van der Waals surface area contributed by atoms with Gasteiger partial charge < -0.3 is 35.2 Å². The summed E-state index contributed by atoms with van der Waals surface area (Å²) in [5.41, 5.74) is 0.112. The van der Waals surface area contributed by atoms with E-state index in [2.05, 4.69) is 20.9 Å². The van der Waals surface area contributed by atoms with Gasteiger partial charge in [-0.1, -0.05) is 53.5 Å². The molecule has 2 aliphatic rings. The van der Waals surface area contributed by atoms with Crippen LogP contribution >= 0.6 is 0 Å². The van der Waals surface area contributed by atoms with E-state index in [9.17, 15) is 33.6 Å². The Morgan fingerprint density at radius 2 is 1.67 bits per heavy atom. The number of aromatic nitrogens is 1. The molecule has 63 heavy (non-hydrogen) atoms. The van der Waals surface area contributed by atoms with Gasteiger partial charge in [-0.3, -0.25) is 43.4 Å². The highest BCUT2D eigenvalue weighted by Gasteiger charge is 2.43. The molecule has 0 saturated carbocycles. The van der Waals surface area contributed by atoms with Crippen LogP contribution in [0.4, 0.5) is 5.69 Å². The van der Waals surface area contributed by atoms with Gasteiger partial charge in [0, 0.05) is 70.2 Å². The number of ether oxygens (including phenoxy) is 2. The van der Waals surface area contributed by atoms with Crippen LogP contribution in [0.3, 0.4) is 0 Å². The Morgan fingerprint density at radius 1 is 0.968 bits per heavy atom. The number of unbranched alkanes of at least 4 members (excludes halogenated alkanes) is 2. The minimum absolute atomic E-state index is 0.0226. The second kappa shape index (κ2) is 22.9. The first-order valence-electron chi connectivity index (χ1n) is 22.3. The molecule has 0 bridgehead atoms. The van der Waals surface area contributed by atoms with E-state index < -0.39 is 41.7 Å². The first-order valence-corrected chi connectivity index (χ1v) is 22.3. The molecule has 1 unspecified atom stereocenters. The maximum absolute atomic E-state index is 14.4. The highest BCUT2D eigenvalue weighted by Crippen LogP contribution is 2.30. The van der Waals surface area contributed by atoms with E-state index in [4.69, 9.17) is 9.47 Å². The summed E-state index contributed by atoms with van der Waals surface area (Å²) in [6.45, 7) is 13.4. The smallest absolute Gasteiger partial charge is 0.253 e. The van der Waals surface area contributed by atoms with Gasteiger partial charge in [0.15, 0.2) is 0 Å². The lowest BCUT2D eigenvalue weighted by Gasteiger charge is -2.41. The van der Waals surface area contributed by atoms with Gasteiger partial charge >= 0.3 is 0 Å². The number of nitrogens with zero attached hydrogens (tertiary/aromatic N) is 4. The molecule has 1 saturated heterocycles. The summed E-state index contributed by atoms with van der Waals surface area (Å²) in [5.74, 6) is -3.32. The first kappa shape index (κ1) is 50.4. The van der Waals surface area contributed by atoms with Crippen LogP contribution in [0.5, 0.6) is 0 Å². The number of nitrogens with one attached hydrogen (secondary N) is 3. The summed E-state index contributed by atoms with van der Waals surface area (Å²) in [6, 6.07) is 7.46. The van der Waals surface area contributed by atoms with Gasteiger partial charge in [0.25, 0.3) is 11.8 Å². The number of anilines is 1. The van der Waals surface area contributed by atoms with Gasteiger partial charge in [-0.15, -0.1) is 0 Å². The lowest BCUT2D eigenvalue weighted by Crippen LogP contribution is -2.62. The lowest BCUT2D eigenvalue weighted by atomic mass is 9.89. The third-order valence-corrected chi connectivity index (χ3v) is 12.6. The molecular formula is C47H69N7O9. The molecule has 2 aliphatic heterocycles. The molecule has 7 amide bonds. The molecule has 346 valence electrons. The van der Waals surface area contributed by atoms with Crippen molar-refractivity contribution in [2.45, 2.75) is 136 Å². The number of hydrogen-bond acceptors (Lipinski definition) is 10. The third-order valence-electron chi connectivity index (χ3n) is 12.6. The van der Waals surface area contributed by atoms with E-state index in [1.165, 1.54) is 19.3 Å². The van der Waals surface area contributed by atoms with Crippen molar-refractivity contribution in [3.8, 4) is 0 Å². The molecule has 2 aromatic rings. The van der Waals surface area contributed by atoms with Crippen LogP contribution in [0, 0.1) is 17.8 Å². The molecule has 4 rings (SSSR count). The number of imide groups is 1. The summed E-state index contributed by atoms with van der Waals surface area (Å²) in [7, 11) is 4.75. The van der Waals surface area contributed by atoms with Crippen molar-refractivity contribution >= 4 is 57.9 Å². The molecule has 1 aromatic heterocycles. The summed E-state index contributed by atoms with van der Waals surface area (Å²) in [4.78, 5) is 101. The van der Waals surface area contributed by atoms with Crippen molar-refractivity contribution in [3.63, 3.8) is 0 Å². The van der Waals surface area contributed by atoms with E-state index in [0.717, 1.165) is 22.2 Å². The number of methoxy groups -OCH3 is 2. The third kappa shape index (κ3) is 12.9. The zero-order valence-corrected chi connectivity index (χ0v) is 38.8. The highest BCUT2D eigenvalue weighted by atomic mass is 16.5. The topological polar surface area (TPSA) is 197 Å². The summed E-state index contributed by atoms with van der Waals surface area (Å²) in [5, 5.41) is 9.59. The van der Waals surface area contributed by atoms with Crippen molar-refractivity contribution in [1.29, 1.82) is 0 Å². The Hall–Kier alpha value is -5.22. The molecule has 0 aliphatic carbocycles. The molecule has 7 atom stereocenters. The second-order valence-electron chi connectivity index (χ2n) is 17.8. The van der Waals surface area contributed by atoms with Crippen LogP contribution < -0.4 is 16.0 Å². The zero-order valence-electron chi connectivity index (χ0n) is 38.8. The Bertz CT molecular complexity index is 1970. The Labute approximate surface area is 372 Å². The largest absolute Gasteiger partial charge is 0.379 e. The maximum atomic E-state index is 14.4. The van der Waals surface area contributed by atoms with Gasteiger partial charge in [0.05, 0.1) is 42.1 Å². The Balaban J connectivity index is 1.38. The van der Waals surface area contributed by atoms with Crippen molar-refractivity contribution in [2.24, 2.45) is 17.8 Å². The van der Waals surface area contributed by atoms with Gasteiger partial charge in [-0.25, -0.2) is 0 Å². The number of hydrogen-bond donors (Lipinski definition) is 3. The quantitative estimate of drug-likeness (QED) is 0.105. The summed E-state index contributed by atoms with van der Waals surface area (Å²) < 4.78 is 12.0. The number of likely N-dealkylation sites (N-methyl/N-ethyl adjacent to an activating group) is 1. The van der Waals surface area contributed by atoms with Crippen LogP contribution in [-0.2, 0) is 43.0 Å². The molecule has 3 N–H and O–H groups in total. The van der Waals surface area contributed by atoms with Gasteiger partial charge in [-0.2, -0.15) is 0 Å². The average molecular weight is 876 g/mol. The fraction of sp³-hybridized carbons (Fsp3) is 0.617. The van der Waals surface area contributed by atoms with Crippen LogP contribution in [0.2, 0.25) is 0 Å². The average Bonchev–Trinajstić information content (AvgIpc) is 3.87. The van der Waals surface area contributed by atoms with Crippen LogP contribution in [-0.4, -0.2) is 131 Å². The number of carbonyl (C=O) groups excluding carboxylic acids is 7. The number of benzene rings is 1. The number of likely N-dealkylation sites (tertiary alicyclic amines) is 1. The fourth-order valence-corrected chi connectivity index (χ4v) is 8.62. The van der Waals surface area contributed by atoms with Gasteiger partial charge in [0.1, 0.15) is 11.6 Å². The molecule has 3 heterocycles. The molecule has 16 nitrogen and oxygen atoms in total. The van der Waals surface area contributed by atoms with E-state index in [1.54, 1.807) is 50.9 Å². The first-order chi connectivity index (χ1) is 29.8. The number of carbonyl (C=O) groups is 7. The standard InChI is InChI=1S/C47H69N7O9/c1-11-30(4)42(52(8)45(60)41(29(2)3)50-46(61)47(6,7)51-37(55)19-13-12-14-25-54-38(56)22-23-39(54)57)36(62-9)28-40(58)53-26-16-18-35(53)43(63-10)31(5)44(59)49-33-20-21-34-32(27-33)17-15-24-48-34/h15,17,20-24,27,29-31,35-36,41-43H,11-14,16,18-19,25-26,28H2,1-10H3,(H,49,59)(H,50,61)(H,51,55)/t30-,31+,35-,36+,41?,42-,43+/m0/s1. The predicted octanol–water partition coefficient (Wildman–Crippen LogP) is 4.61. The Morgan fingerprint density at radius 3 is 2.30 bits per heavy atom. The zero-order chi connectivity index (χ0) is 46.6. The van der Waals surface area contributed by atoms with Crippen LogP contribution in [0.1, 0.15) is 99.8 Å². The molecule has 0 spiro atoms. The summed E-state index contributed by atoms with van der Waals surface area (Å²) in [6.07, 6.45) is 6.77. The number of rotatable bonds is 23. The van der Waals surface area contributed by atoms with E-state index in [1.807, 2.05) is 58.0 Å². The fourth-order valence-electron chi connectivity index (χ4n) is 8.62. The van der Waals surface area contributed by atoms with Gasteiger partial charge in [-0.05, 0) is 75.6 Å². The van der Waals surface area contributed by atoms with Gasteiger partial charge in [0.2, 0.25) is 29.5 Å². The molecule has 0 radical (unpaired) electrons. The minimum atomic E-state index is -1.35. The lowest BCUT2D eigenvalue weighted by molar-refractivity contribution is -0.147. The van der Waals surface area contributed by atoms with E-state index in [0.29, 0.717) is 44.3 Å². The van der Waals surface area contributed by atoms with Crippen molar-refractivity contribution in [2.75, 3.05) is 39.7 Å². The number of pyridine rings is 1. The highest BCUT2D eigenvalue weighted by molar-refractivity contribution is 6.12. The maximum Gasteiger partial charge on any atom is 0.253 e. The van der Waals surface area contributed by atoms with Crippen molar-refractivity contribution in [1.82, 2.24) is 30.3 Å². The van der Waals surface area contributed by atoms with Crippen LogP contribution in [0.25, 0.3) is 10.9 Å². The SMILES string of the molecule is CC[C@H](C)[C@@H]([C@@H](CC(=O)N1CCC[C@H]1[C@H](OC)[C@@H](C)C(=O)Nc1ccc2ncccc2c1)OC)N(C)C(=O)C(NC(=O)C(C)(C)NC(=O)CCCCCN1C(=O)C=CC1=O)C(C)C. The number of amides is 7. The monoisotopic (exact) mass is 876 g/mol. The molecular weight excluding hydrogens is 807 g/mol. The Kier molecular flexibility index (Phi) is 18.4. The second-order valence-corrected chi connectivity index (χ2v) is 17.8. The van der Waals surface area contributed by atoms with E-state index >= 15 is 0 Å². The number of fused-ring (bicyclic) bond motifs is 1. The molecule has 1 fully saturated rings. The summed E-state index contributed by atoms with van der Waals surface area (Å²) >= 11 is 0. The van der Waals surface area contributed by atoms with Crippen molar-refractivity contribution < 1.29 is 43.0 Å². The van der Waals surface area contributed by atoms with Crippen molar-refractivity contribution in [3.05, 3.63) is 48.7 Å². The normalized spacial score (nSPS) is 18.2. The molecule has 1 aromatic carbocycles. The predicted molar refractivity (Wildman–Crippen MR) is 240 cm³/mol. The minimum Gasteiger partial charge on any atom is -0.379 e. The van der Waals surface area contributed by atoms with Crippen LogP contribution in [0.15, 0.2) is 48.7 Å². The van der Waals surface area contributed by atoms with E-state index in [-0.39, 0.29) is 72.7 Å².